The van der Waals surface area contributed by atoms with Crippen LogP contribution in [0.1, 0.15) is 33.1 Å². The lowest BCUT2D eigenvalue weighted by Crippen LogP contribution is -2.36. The molecule has 0 amide bonds. The number of halogens is 2. The maximum Gasteiger partial charge on any atom is 0.288 e. The van der Waals surface area contributed by atoms with E-state index in [1.165, 1.54) is 6.42 Å². The number of thiocarbonyl (C=S) groups is 1. The number of hydrogen-bond donors (Lipinski definition) is 2. The van der Waals surface area contributed by atoms with Crippen molar-refractivity contribution >= 4 is 34.8 Å². The van der Waals surface area contributed by atoms with Gasteiger partial charge in [-0.25, -0.2) is 0 Å². The van der Waals surface area contributed by atoms with E-state index in [0.717, 1.165) is 18.5 Å². The molecule has 21 heavy (non-hydrogen) atoms. The van der Waals surface area contributed by atoms with Crippen LogP contribution >= 0.6 is 24.0 Å². The third-order valence-corrected chi connectivity index (χ3v) is 4.58. The Morgan fingerprint density at radius 1 is 1.33 bits per heavy atom. The second kappa shape index (κ2) is 6.92. The molecule has 0 aliphatic heterocycles. The fourth-order valence-corrected chi connectivity index (χ4v) is 3.42. The summed E-state index contributed by atoms with van der Waals surface area (Å²) in [5, 5.41) is 7.01. The molecule has 0 radical (unpaired) electrons. The highest BCUT2D eigenvalue weighted by Gasteiger charge is 2.31. The minimum atomic E-state index is -2.39. The van der Waals surface area contributed by atoms with Crippen molar-refractivity contribution in [3.05, 3.63) is 24.3 Å². The summed E-state index contributed by atoms with van der Waals surface area (Å²) < 4.78 is 24.5. The molecular weight excluding hydrogens is 310 g/mol. The Bertz CT molecular complexity index is 489. The molecule has 0 saturated heterocycles. The smallest absolute Gasteiger partial charge is 0.288 e. The van der Waals surface area contributed by atoms with Gasteiger partial charge in [0, 0.05) is 16.6 Å². The first kappa shape index (κ1) is 16.5. The number of rotatable bonds is 4. The third kappa shape index (κ3) is 5.43. The van der Waals surface area contributed by atoms with Crippen LogP contribution in [0.15, 0.2) is 29.2 Å². The zero-order valence-electron chi connectivity index (χ0n) is 12.2. The van der Waals surface area contributed by atoms with Gasteiger partial charge in [-0.1, -0.05) is 25.6 Å². The monoisotopic (exact) mass is 330 g/mol. The summed E-state index contributed by atoms with van der Waals surface area (Å²) in [6.45, 7) is 4.54. The molecule has 6 heteroatoms. The molecule has 2 rings (SSSR count). The summed E-state index contributed by atoms with van der Waals surface area (Å²) in [4.78, 5) is 0.548. The van der Waals surface area contributed by atoms with Crippen molar-refractivity contribution in [2.45, 2.75) is 49.8 Å². The molecule has 1 aromatic carbocycles. The van der Waals surface area contributed by atoms with Crippen LogP contribution in [0.25, 0.3) is 0 Å². The molecule has 0 aromatic heterocycles. The van der Waals surface area contributed by atoms with Crippen molar-refractivity contribution in [1.29, 1.82) is 0 Å². The highest BCUT2D eigenvalue weighted by Crippen LogP contribution is 2.36. The summed E-state index contributed by atoms with van der Waals surface area (Å²) >= 11 is 5.85. The van der Waals surface area contributed by atoms with E-state index in [0.29, 0.717) is 33.2 Å². The standard InChI is InChI=1S/C15H20F2N2S2/c1-15(2)8-7-11(9-15)19-14(20)18-10-3-5-12(6-4-10)21-13(16)17/h3-6,11,13H,7-9H2,1-2H3,(H2,18,19,20). The number of nitrogens with one attached hydrogen (secondary N) is 2. The Kier molecular flexibility index (Phi) is 5.43. The zero-order valence-corrected chi connectivity index (χ0v) is 13.8. The summed E-state index contributed by atoms with van der Waals surface area (Å²) in [5.41, 5.74) is 1.19. The number of thioether (sulfide) groups is 1. The first-order valence-corrected chi connectivity index (χ1v) is 8.25. The molecule has 0 spiro atoms. The largest absolute Gasteiger partial charge is 0.360 e. The van der Waals surface area contributed by atoms with E-state index >= 15 is 0 Å². The molecule has 1 unspecified atom stereocenters. The molecule has 116 valence electrons. The van der Waals surface area contributed by atoms with Gasteiger partial charge in [0.25, 0.3) is 5.76 Å². The second-order valence-corrected chi connectivity index (χ2v) is 7.58. The fraction of sp³-hybridized carbons (Fsp3) is 0.533. The predicted octanol–water partition coefficient (Wildman–Crippen LogP) is 4.87. The molecule has 1 saturated carbocycles. The SMILES string of the molecule is CC1(C)CCC(NC(=S)Nc2ccc(SC(F)F)cc2)C1. The van der Waals surface area contributed by atoms with Crippen molar-refractivity contribution in [2.24, 2.45) is 5.41 Å². The van der Waals surface area contributed by atoms with E-state index in [2.05, 4.69) is 24.5 Å². The highest BCUT2D eigenvalue weighted by molar-refractivity contribution is 7.99. The number of alkyl halides is 2. The van der Waals surface area contributed by atoms with Gasteiger partial charge in [-0.15, -0.1) is 0 Å². The Balaban J connectivity index is 1.82. The van der Waals surface area contributed by atoms with Crippen LogP contribution in [-0.2, 0) is 0 Å². The Morgan fingerprint density at radius 3 is 2.52 bits per heavy atom. The molecule has 0 bridgehead atoms. The average molecular weight is 330 g/mol. The second-order valence-electron chi connectivity index (χ2n) is 6.11. The molecule has 2 nitrogen and oxygen atoms in total. The first-order chi connectivity index (χ1) is 9.84. The van der Waals surface area contributed by atoms with Crippen LogP contribution in [0, 0.1) is 5.41 Å². The average Bonchev–Trinajstić information content (AvgIpc) is 2.70. The molecule has 0 heterocycles. The van der Waals surface area contributed by atoms with Gasteiger partial charge >= 0.3 is 0 Å². The highest BCUT2D eigenvalue weighted by atomic mass is 32.2. The molecule has 1 aromatic rings. The van der Waals surface area contributed by atoms with E-state index in [9.17, 15) is 8.78 Å². The van der Waals surface area contributed by atoms with Crippen LogP contribution in [0.2, 0.25) is 0 Å². The molecule has 1 fully saturated rings. The summed E-state index contributed by atoms with van der Waals surface area (Å²) in [5.74, 6) is -2.39. The Morgan fingerprint density at radius 2 is 2.00 bits per heavy atom. The van der Waals surface area contributed by atoms with Gasteiger partial charge in [0.05, 0.1) is 0 Å². The quantitative estimate of drug-likeness (QED) is 0.608. The normalized spacial score (nSPS) is 20.5. The van der Waals surface area contributed by atoms with Gasteiger partial charge in [-0.05, 0) is 61.2 Å². The van der Waals surface area contributed by atoms with Crippen molar-refractivity contribution in [2.75, 3.05) is 5.32 Å². The summed E-state index contributed by atoms with van der Waals surface area (Å²) in [7, 11) is 0. The fourth-order valence-electron chi connectivity index (χ4n) is 2.63. The minimum Gasteiger partial charge on any atom is -0.360 e. The van der Waals surface area contributed by atoms with Crippen molar-refractivity contribution < 1.29 is 8.78 Å². The van der Waals surface area contributed by atoms with Crippen molar-refractivity contribution in [1.82, 2.24) is 5.32 Å². The third-order valence-electron chi connectivity index (χ3n) is 3.64. The zero-order chi connectivity index (χ0) is 15.5. The van der Waals surface area contributed by atoms with Gasteiger partial charge in [0.15, 0.2) is 5.11 Å². The Hall–Kier alpha value is -0.880. The van der Waals surface area contributed by atoms with Crippen LogP contribution in [0.4, 0.5) is 14.5 Å². The van der Waals surface area contributed by atoms with E-state index in [4.69, 9.17) is 12.2 Å². The van der Waals surface area contributed by atoms with Crippen molar-refractivity contribution in [3.63, 3.8) is 0 Å². The van der Waals surface area contributed by atoms with E-state index in [1.807, 2.05) is 0 Å². The van der Waals surface area contributed by atoms with E-state index in [1.54, 1.807) is 24.3 Å². The topological polar surface area (TPSA) is 24.1 Å². The van der Waals surface area contributed by atoms with Crippen molar-refractivity contribution in [3.8, 4) is 0 Å². The van der Waals surface area contributed by atoms with Gasteiger partial charge < -0.3 is 10.6 Å². The van der Waals surface area contributed by atoms with Gasteiger partial charge in [-0.2, -0.15) is 8.78 Å². The first-order valence-electron chi connectivity index (χ1n) is 6.96. The van der Waals surface area contributed by atoms with E-state index < -0.39 is 5.76 Å². The van der Waals surface area contributed by atoms with E-state index in [-0.39, 0.29) is 0 Å². The molecule has 1 aliphatic rings. The number of benzene rings is 1. The lowest BCUT2D eigenvalue weighted by atomic mass is 9.92. The van der Waals surface area contributed by atoms with Crippen LogP contribution in [-0.4, -0.2) is 16.9 Å². The molecule has 1 atom stereocenters. The molecule has 2 N–H and O–H groups in total. The van der Waals surface area contributed by atoms with Crippen LogP contribution < -0.4 is 10.6 Å². The maximum absolute atomic E-state index is 12.2. The van der Waals surface area contributed by atoms with Crippen LogP contribution in [0.3, 0.4) is 0 Å². The Labute approximate surface area is 134 Å². The summed E-state index contributed by atoms with van der Waals surface area (Å²) in [6, 6.07) is 7.27. The minimum absolute atomic E-state index is 0.376. The van der Waals surface area contributed by atoms with Gasteiger partial charge in [0.1, 0.15) is 0 Å². The number of anilines is 1. The van der Waals surface area contributed by atoms with Gasteiger partial charge in [-0.3, -0.25) is 0 Å². The molecule has 1 aliphatic carbocycles. The number of hydrogen-bond acceptors (Lipinski definition) is 2. The lowest BCUT2D eigenvalue weighted by Gasteiger charge is -2.19. The summed E-state index contributed by atoms with van der Waals surface area (Å²) in [6.07, 6.45) is 3.43. The lowest BCUT2D eigenvalue weighted by molar-refractivity contribution is 0.252. The molecular formula is C15H20F2N2S2. The predicted molar refractivity (Wildman–Crippen MR) is 89.1 cm³/mol. The maximum atomic E-state index is 12.2. The van der Waals surface area contributed by atoms with Crippen LogP contribution in [0.5, 0.6) is 0 Å². The van der Waals surface area contributed by atoms with Gasteiger partial charge in [0.2, 0.25) is 0 Å².